The molecule has 1 aliphatic carbocycles. The van der Waals surface area contributed by atoms with Gasteiger partial charge < -0.3 is 9.73 Å². The molecule has 0 spiro atoms. The fourth-order valence-electron chi connectivity index (χ4n) is 2.52. The molecule has 1 aromatic heterocycles. The van der Waals surface area contributed by atoms with Gasteiger partial charge in [-0.15, -0.1) is 0 Å². The first-order valence-corrected chi connectivity index (χ1v) is 6.50. The first-order chi connectivity index (χ1) is 7.83. The minimum Gasteiger partial charge on any atom is -0.445 e. The Bertz CT molecular complexity index is 362. The lowest BCUT2D eigenvalue weighted by Gasteiger charge is -2.21. The van der Waals surface area contributed by atoms with E-state index in [4.69, 9.17) is 4.42 Å². The average Bonchev–Trinajstić information content (AvgIpc) is 3.07. The van der Waals surface area contributed by atoms with E-state index in [2.05, 4.69) is 17.2 Å². The number of nitrogens with one attached hydrogen (secondary N) is 1. The standard InChI is InChI=1S/C13H20N2O/c1-9-12(7-10-3-2-6-14-8-10)15-13(16-9)11-4-5-11/h10-11,14H,2-8H2,1H3. The number of aromatic nitrogens is 1. The van der Waals surface area contributed by atoms with Crippen LogP contribution >= 0.6 is 0 Å². The van der Waals surface area contributed by atoms with Crippen LogP contribution in [0.5, 0.6) is 0 Å². The van der Waals surface area contributed by atoms with Crippen molar-refractivity contribution in [3.05, 3.63) is 17.3 Å². The van der Waals surface area contributed by atoms with Gasteiger partial charge in [0.05, 0.1) is 5.69 Å². The fourth-order valence-corrected chi connectivity index (χ4v) is 2.52. The van der Waals surface area contributed by atoms with E-state index in [-0.39, 0.29) is 0 Å². The van der Waals surface area contributed by atoms with Crippen LogP contribution < -0.4 is 5.32 Å². The molecule has 1 unspecified atom stereocenters. The normalized spacial score (nSPS) is 25.9. The molecule has 0 bridgehead atoms. The molecule has 16 heavy (non-hydrogen) atoms. The molecule has 0 aromatic carbocycles. The number of aryl methyl sites for hydroxylation is 1. The molecule has 3 rings (SSSR count). The predicted octanol–water partition coefficient (Wildman–Crippen LogP) is 2.40. The summed E-state index contributed by atoms with van der Waals surface area (Å²) in [7, 11) is 0. The van der Waals surface area contributed by atoms with Crippen LogP contribution in [0, 0.1) is 12.8 Å². The highest BCUT2D eigenvalue weighted by atomic mass is 16.4. The van der Waals surface area contributed by atoms with Gasteiger partial charge in [0.15, 0.2) is 5.89 Å². The summed E-state index contributed by atoms with van der Waals surface area (Å²) < 4.78 is 5.75. The van der Waals surface area contributed by atoms with Crippen molar-refractivity contribution in [3.8, 4) is 0 Å². The molecular formula is C13H20N2O. The van der Waals surface area contributed by atoms with Crippen molar-refractivity contribution < 1.29 is 4.42 Å². The van der Waals surface area contributed by atoms with Crippen LogP contribution in [0.1, 0.15) is 48.9 Å². The Hall–Kier alpha value is -0.830. The van der Waals surface area contributed by atoms with Crippen molar-refractivity contribution >= 4 is 0 Å². The van der Waals surface area contributed by atoms with E-state index >= 15 is 0 Å². The van der Waals surface area contributed by atoms with Crippen molar-refractivity contribution in [2.75, 3.05) is 13.1 Å². The van der Waals surface area contributed by atoms with Crippen LogP contribution in [-0.2, 0) is 6.42 Å². The highest BCUT2D eigenvalue weighted by Crippen LogP contribution is 2.40. The van der Waals surface area contributed by atoms with Gasteiger partial charge in [-0.3, -0.25) is 0 Å². The third-order valence-electron chi connectivity index (χ3n) is 3.72. The molecule has 0 amide bonds. The summed E-state index contributed by atoms with van der Waals surface area (Å²) in [5, 5.41) is 3.46. The molecular weight excluding hydrogens is 200 g/mol. The topological polar surface area (TPSA) is 38.1 Å². The maximum atomic E-state index is 5.75. The van der Waals surface area contributed by atoms with E-state index in [1.54, 1.807) is 0 Å². The Morgan fingerprint density at radius 1 is 1.38 bits per heavy atom. The van der Waals surface area contributed by atoms with E-state index < -0.39 is 0 Å². The summed E-state index contributed by atoms with van der Waals surface area (Å²) in [5.41, 5.74) is 1.20. The molecule has 1 aromatic rings. The lowest BCUT2D eigenvalue weighted by atomic mass is 9.94. The molecule has 3 nitrogen and oxygen atoms in total. The quantitative estimate of drug-likeness (QED) is 0.850. The summed E-state index contributed by atoms with van der Waals surface area (Å²) in [6, 6.07) is 0. The van der Waals surface area contributed by atoms with Gasteiger partial charge in [-0.25, -0.2) is 4.98 Å². The van der Waals surface area contributed by atoms with Crippen LogP contribution in [0.3, 0.4) is 0 Å². The second kappa shape index (κ2) is 4.21. The number of hydrogen-bond acceptors (Lipinski definition) is 3. The van der Waals surface area contributed by atoms with E-state index in [1.165, 1.54) is 37.9 Å². The summed E-state index contributed by atoms with van der Waals surface area (Å²) in [6.45, 7) is 4.39. The Balaban J connectivity index is 1.68. The van der Waals surface area contributed by atoms with E-state index in [1.807, 2.05) is 0 Å². The lowest BCUT2D eigenvalue weighted by molar-refractivity contribution is 0.372. The highest BCUT2D eigenvalue weighted by molar-refractivity contribution is 5.13. The summed E-state index contributed by atoms with van der Waals surface area (Å²) in [6.07, 6.45) is 6.26. The Morgan fingerprint density at radius 2 is 2.25 bits per heavy atom. The maximum absolute atomic E-state index is 5.75. The zero-order valence-corrected chi connectivity index (χ0v) is 9.96. The second-order valence-corrected chi connectivity index (χ2v) is 5.25. The van der Waals surface area contributed by atoms with Gasteiger partial charge in [0.25, 0.3) is 0 Å². The smallest absolute Gasteiger partial charge is 0.197 e. The van der Waals surface area contributed by atoms with Gasteiger partial charge in [0.2, 0.25) is 0 Å². The van der Waals surface area contributed by atoms with E-state index in [9.17, 15) is 0 Å². The van der Waals surface area contributed by atoms with Crippen molar-refractivity contribution in [1.82, 2.24) is 10.3 Å². The molecule has 2 aliphatic rings. The number of nitrogens with zero attached hydrogens (tertiary/aromatic N) is 1. The zero-order valence-electron chi connectivity index (χ0n) is 9.96. The lowest BCUT2D eigenvalue weighted by Crippen LogP contribution is -2.31. The van der Waals surface area contributed by atoms with Crippen molar-refractivity contribution in [1.29, 1.82) is 0 Å². The Labute approximate surface area is 96.6 Å². The summed E-state index contributed by atoms with van der Waals surface area (Å²) in [4.78, 5) is 4.67. The van der Waals surface area contributed by atoms with E-state index in [0.717, 1.165) is 30.5 Å². The van der Waals surface area contributed by atoms with Crippen molar-refractivity contribution in [2.45, 2.75) is 44.9 Å². The van der Waals surface area contributed by atoms with Crippen LogP contribution in [0.25, 0.3) is 0 Å². The first kappa shape index (κ1) is 10.3. The first-order valence-electron chi connectivity index (χ1n) is 6.50. The molecule has 1 aliphatic heterocycles. The number of rotatable bonds is 3. The molecule has 3 heteroatoms. The molecule has 1 saturated heterocycles. The van der Waals surface area contributed by atoms with Gasteiger partial charge >= 0.3 is 0 Å². The Kier molecular flexibility index (Phi) is 2.72. The van der Waals surface area contributed by atoms with Gasteiger partial charge in [-0.1, -0.05) is 0 Å². The SMILES string of the molecule is Cc1oc(C2CC2)nc1CC1CCCNC1. The van der Waals surface area contributed by atoms with Gasteiger partial charge in [-0.2, -0.15) is 0 Å². The minimum absolute atomic E-state index is 0.636. The molecule has 0 radical (unpaired) electrons. The van der Waals surface area contributed by atoms with Crippen molar-refractivity contribution in [2.24, 2.45) is 5.92 Å². The molecule has 1 atom stereocenters. The van der Waals surface area contributed by atoms with E-state index in [0.29, 0.717) is 5.92 Å². The average molecular weight is 220 g/mol. The summed E-state index contributed by atoms with van der Waals surface area (Å²) >= 11 is 0. The van der Waals surface area contributed by atoms with Crippen molar-refractivity contribution in [3.63, 3.8) is 0 Å². The van der Waals surface area contributed by atoms with Gasteiger partial charge in [0.1, 0.15) is 5.76 Å². The number of hydrogen-bond donors (Lipinski definition) is 1. The zero-order chi connectivity index (χ0) is 11.0. The predicted molar refractivity (Wildman–Crippen MR) is 62.5 cm³/mol. The van der Waals surface area contributed by atoms with Crippen LogP contribution in [0.4, 0.5) is 0 Å². The molecule has 2 fully saturated rings. The molecule has 1 N–H and O–H groups in total. The third kappa shape index (κ3) is 2.14. The van der Waals surface area contributed by atoms with Gasteiger partial charge in [0, 0.05) is 5.92 Å². The highest BCUT2D eigenvalue weighted by Gasteiger charge is 2.30. The van der Waals surface area contributed by atoms with Crippen LogP contribution in [0.15, 0.2) is 4.42 Å². The molecule has 2 heterocycles. The third-order valence-corrected chi connectivity index (χ3v) is 3.72. The van der Waals surface area contributed by atoms with Gasteiger partial charge in [-0.05, 0) is 58.0 Å². The Morgan fingerprint density at radius 3 is 2.94 bits per heavy atom. The maximum Gasteiger partial charge on any atom is 0.197 e. The fraction of sp³-hybridized carbons (Fsp3) is 0.769. The molecule has 88 valence electrons. The minimum atomic E-state index is 0.636. The largest absolute Gasteiger partial charge is 0.445 e. The molecule has 1 saturated carbocycles. The van der Waals surface area contributed by atoms with Crippen LogP contribution in [-0.4, -0.2) is 18.1 Å². The summed E-state index contributed by atoms with van der Waals surface area (Å²) in [5.74, 6) is 3.44. The number of oxazole rings is 1. The van der Waals surface area contributed by atoms with Crippen LogP contribution in [0.2, 0.25) is 0 Å². The monoisotopic (exact) mass is 220 g/mol. The number of piperidine rings is 1. The second-order valence-electron chi connectivity index (χ2n) is 5.25.